The third kappa shape index (κ3) is 8.12. The molecule has 2 N–H and O–H groups in total. The highest BCUT2D eigenvalue weighted by Gasteiger charge is 2.40. The molecule has 1 fully saturated rings. The zero-order chi connectivity index (χ0) is 24.1. The number of nitrogens with zero attached hydrogens (tertiary/aromatic N) is 2. The number of rotatable bonds is 7. The van der Waals surface area contributed by atoms with Crippen molar-refractivity contribution < 1.29 is 35.9 Å². The Labute approximate surface area is 185 Å². The predicted molar refractivity (Wildman–Crippen MR) is 107 cm³/mol. The fourth-order valence-corrected chi connectivity index (χ4v) is 3.65. The second-order valence-electron chi connectivity index (χ2n) is 7.67. The second-order valence-corrected chi connectivity index (χ2v) is 7.67. The quantitative estimate of drug-likeness (QED) is 0.596. The van der Waals surface area contributed by atoms with Gasteiger partial charge in [-0.3, -0.25) is 4.90 Å². The van der Waals surface area contributed by atoms with Crippen LogP contribution in [0.2, 0.25) is 0 Å². The average molecular weight is 476 g/mol. The van der Waals surface area contributed by atoms with Gasteiger partial charge in [-0.25, -0.2) is 9.78 Å². The van der Waals surface area contributed by atoms with Gasteiger partial charge in [-0.2, -0.15) is 26.3 Å². The molecule has 1 unspecified atom stereocenters. The third-order valence-corrected chi connectivity index (χ3v) is 4.98. The third-order valence-electron chi connectivity index (χ3n) is 4.98. The SMILES string of the molecule is O=C(NCc1ccnc(OCC(F)(F)F)c1)NC1CN(CC(F)(F)F)C[C@H]1c1ccccc1. The van der Waals surface area contributed by atoms with Gasteiger partial charge in [0.1, 0.15) is 0 Å². The number of halogens is 6. The van der Waals surface area contributed by atoms with Gasteiger partial charge in [0.2, 0.25) is 5.88 Å². The molecule has 2 atom stereocenters. The molecule has 3 rings (SSSR count). The zero-order valence-corrected chi connectivity index (χ0v) is 17.3. The summed E-state index contributed by atoms with van der Waals surface area (Å²) in [7, 11) is 0. The molecule has 0 aliphatic carbocycles. The summed E-state index contributed by atoms with van der Waals surface area (Å²) in [6, 6.07) is 10.5. The van der Waals surface area contributed by atoms with E-state index in [-0.39, 0.29) is 31.4 Å². The summed E-state index contributed by atoms with van der Waals surface area (Å²) < 4.78 is 80.0. The Hall–Kier alpha value is -3.02. The van der Waals surface area contributed by atoms with Gasteiger partial charge in [0.25, 0.3) is 0 Å². The molecule has 0 bridgehead atoms. The molecule has 1 aromatic carbocycles. The molecule has 2 amide bonds. The van der Waals surface area contributed by atoms with Crippen LogP contribution < -0.4 is 15.4 Å². The molecule has 33 heavy (non-hydrogen) atoms. The van der Waals surface area contributed by atoms with Crippen LogP contribution in [0.3, 0.4) is 0 Å². The van der Waals surface area contributed by atoms with Crippen LogP contribution in [0, 0.1) is 0 Å². The number of pyridine rings is 1. The van der Waals surface area contributed by atoms with Gasteiger partial charge in [-0.15, -0.1) is 0 Å². The first kappa shape index (κ1) is 24.6. The van der Waals surface area contributed by atoms with Crippen molar-refractivity contribution in [2.24, 2.45) is 0 Å². The van der Waals surface area contributed by atoms with Crippen molar-refractivity contribution in [3.05, 3.63) is 59.8 Å². The first-order chi connectivity index (χ1) is 15.5. The standard InChI is InChI=1S/C21H22F6N4O2/c22-20(23,24)12-31-10-16(15-4-2-1-3-5-15)17(11-31)30-19(32)29-9-14-6-7-28-18(8-14)33-13-21(25,26)27/h1-8,16-17H,9-13H2,(H2,29,30,32)/t16-,17?/m0/s1. The Kier molecular flexibility index (Phi) is 7.67. The minimum Gasteiger partial charge on any atom is -0.468 e. The Morgan fingerprint density at radius 2 is 1.79 bits per heavy atom. The highest BCUT2D eigenvalue weighted by Crippen LogP contribution is 2.30. The Balaban J connectivity index is 1.58. The fourth-order valence-electron chi connectivity index (χ4n) is 3.65. The van der Waals surface area contributed by atoms with E-state index < -0.39 is 37.6 Å². The van der Waals surface area contributed by atoms with Crippen LogP contribution in [0.25, 0.3) is 0 Å². The minimum absolute atomic E-state index is 0.0250. The van der Waals surface area contributed by atoms with Crippen molar-refractivity contribution in [1.29, 1.82) is 0 Å². The summed E-state index contributed by atoms with van der Waals surface area (Å²) >= 11 is 0. The van der Waals surface area contributed by atoms with Crippen LogP contribution in [-0.4, -0.2) is 60.6 Å². The number of carbonyl (C=O) groups excluding carboxylic acids is 1. The first-order valence-corrected chi connectivity index (χ1v) is 10.0. The van der Waals surface area contributed by atoms with E-state index in [1.807, 2.05) is 0 Å². The summed E-state index contributed by atoms with van der Waals surface area (Å²) in [6.07, 6.45) is -7.62. The van der Waals surface area contributed by atoms with Crippen molar-refractivity contribution in [2.75, 3.05) is 26.2 Å². The number of hydrogen-bond acceptors (Lipinski definition) is 4. The Morgan fingerprint density at radius 3 is 2.45 bits per heavy atom. The lowest BCUT2D eigenvalue weighted by atomic mass is 9.94. The first-order valence-electron chi connectivity index (χ1n) is 10.0. The van der Waals surface area contributed by atoms with E-state index in [1.165, 1.54) is 23.2 Å². The molecule has 180 valence electrons. The number of likely N-dealkylation sites (tertiary alicyclic amines) is 1. The zero-order valence-electron chi connectivity index (χ0n) is 17.3. The van der Waals surface area contributed by atoms with E-state index in [4.69, 9.17) is 0 Å². The number of aromatic nitrogens is 1. The monoisotopic (exact) mass is 476 g/mol. The van der Waals surface area contributed by atoms with Crippen LogP contribution in [0.1, 0.15) is 17.0 Å². The molecule has 0 radical (unpaired) electrons. The summed E-state index contributed by atoms with van der Waals surface area (Å²) in [6.45, 7) is -2.44. The van der Waals surface area contributed by atoms with Crippen molar-refractivity contribution in [3.8, 4) is 5.88 Å². The number of ether oxygens (including phenoxy) is 1. The molecule has 1 saturated heterocycles. The number of nitrogens with one attached hydrogen (secondary N) is 2. The maximum Gasteiger partial charge on any atom is 0.422 e. The Bertz CT molecular complexity index is 923. The minimum atomic E-state index is -4.51. The van der Waals surface area contributed by atoms with Gasteiger partial charge in [-0.1, -0.05) is 30.3 Å². The highest BCUT2D eigenvalue weighted by atomic mass is 19.4. The molecule has 2 aromatic rings. The summed E-state index contributed by atoms with van der Waals surface area (Å²) in [5.74, 6) is -0.572. The van der Waals surface area contributed by atoms with Gasteiger partial charge in [0.05, 0.1) is 12.6 Å². The van der Waals surface area contributed by atoms with Crippen molar-refractivity contribution in [1.82, 2.24) is 20.5 Å². The van der Waals surface area contributed by atoms with E-state index in [0.717, 1.165) is 5.56 Å². The van der Waals surface area contributed by atoms with Crippen molar-refractivity contribution >= 4 is 6.03 Å². The largest absolute Gasteiger partial charge is 0.468 e. The predicted octanol–water partition coefficient (Wildman–Crippen LogP) is 3.85. The summed E-state index contributed by atoms with van der Waals surface area (Å²) in [5.41, 5.74) is 1.26. The van der Waals surface area contributed by atoms with E-state index in [2.05, 4.69) is 20.4 Å². The van der Waals surface area contributed by atoms with E-state index >= 15 is 0 Å². The number of hydrogen-bond donors (Lipinski definition) is 2. The lowest BCUT2D eigenvalue weighted by molar-refractivity contribution is -0.154. The molecule has 1 aliphatic heterocycles. The fraction of sp³-hybridized carbons (Fsp3) is 0.429. The van der Waals surface area contributed by atoms with Gasteiger partial charge in [0.15, 0.2) is 6.61 Å². The maximum absolute atomic E-state index is 12.9. The molecule has 12 heteroatoms. The van der Waals surface area contributed by atoms with Crippen LogP contribution in [0.4, 0.5) is 31.1 Å². The molecule has 1 aliphatic rings. The number of benzene rings is 1. The summed E-state index contributed by atoms with van der Waals surface area (Å²) in [5, 5.41) is 5.28. The van der Waals surface area contributed by atoms with Gasteiger partial charge in [0, 0.05) is 37.8 Å². The molecule has 1 aromatic heterocycles. The normalized spacial score (nSPS) is 19.3. The lowest BCUT2D eigenvalue weighted by Crippen LogP contribution is -2.45. The lowest BCUT2D eigenvalue weighted by Gasteiger charge is -2.20. The molecule has 0 saturated carbocycles. The topological polar surface area (TPSA) is 66.5 Å². The summed E-state index contributed by atoms with van der Waals surface area (Å²) in [4.78, 5) is 17.4. The highest BCUT2D eigenvalue weighted by molar-refractivity contribution is 5.74. The van der Waals surface area contributed by atoms with Crippen molar-refractivity contribution in [2.45, 2.75) is 30.9 Å². The van der Waals surface area contributed by atoms with Gasteiger partial charge >= 0.3 is 18.4 Å². The molecular weight excluding hydrogens is 454 g/mol. The van der Waals surface area contributed by atoms with Crippen molar-refractivity contribution in [3.63, 3.8) is 0 Å². The number of amides is 2. The van der Waals surface area contributed by atoms with Crippen LogP contribution in [0.15, 0.2) is 48.7 Å². The maximum atomic E-state index is 12.9. The molecule has 6 nitrogen and oxygen atoms in total. The molecular formula is C21H22F6N4O2. The van der Waals surface area contributed by atoms with Crippen LogP contribution in [-0.2, 0) is 6.54 Å². The number of alkyl halides is 6. The molecule has 0 spiro atoms. The number of urea groups is 1. The van der Waals surface area contributed by atoms with E-state index in [1.54, 1.807) is 30.3 Å². The smallest absolute Gasteiger partial charge is 0.422 e. The van der Waals surface area contributed by atoms with Gasteiger partial charge < -0.3 is 15.4 Å². The van der Waals surface area contributed by atoms with E-state index in [9.17, 15) is 31.1 Å². The number of carbonyl (C=O) groups is 1. The Morgan fingerprint density at radius 1 is 1.06 bits per heavy atom. The van der Waals surface area contributed by atoms with Crippen LogP contribution in [0.5, 0.6) is 5.88 Å². The molecule has 2 heterocycles. The average Bonchev–Trinajstić information content (AvgIpc) is 3.11. The second kappa shape index (κ2) is 10.3. The van der Waals surface area contributed by atoms with E-state index in [0.29, 0.717) is 5.56 Å². The van der Waals surface area contributed by atoms with Gasteiger partial charge in [-0.05, 0) is 17.2 Å². The van der Waals surface area contributed by atoms with Crippen LogP contribution >= 0.6 is 0 Å².